The normalized spacial score (nSPS) is 23.8. The van der Waals surface area contributed by atoms with E-state index in [0.717, 1.165) is 24.8 Å². The van der Waals surface area contributed by atoms with E-state index in [4.69, 9.17) is 16.3 Å². The molecule has 150 valence electrons. The lowest BCUT2D eigenvalue weighted by atomic mass is 9.76. The molecule has 0 aromatic heterocycles. The van der Waals surface area contributed by atoms with E-state index in [1.165, 1.54) is 4.90 Å². The van der Waals surface area contributed by atoms with Crippen LogP contribution in [-0.2, 0) is 20.8 Å². The third-order valence-corrected chi connectivity index (χ3v) is 6.03. The summed E-state index contributed by atoms with van der Waals surface area (Å²) >= 11 is 5.87. The molecule has 2 aromatic carbocycles. The van der Waals surface area contributed by atoms with E-state index in [1.54, 1.807) is 48.5 Å². The number of carbonyl (C=O) groups excluding carboxylic acids is 3. The average Bonchev–Trinajstić information content (AvgIpc) is 2.94. The van der Waals surface area contributed by atoms with Crippen LogP contribution in [0.3, 0.4) is 0 Å². The standard InChI is InChI=1S/C23H22ClNO4/c1-14-6-11-17-18(12-14)23(28)25(22(17)27)19-4-2-3-5-20(19)29-21(26)13-15-7-9-16(24)10-8-15/h2-5,7-10,14,17-18H,6,11-13H2,1H3. The minimum atomic E-state index is -0.468. The van der Waals surface area contributed by atoms with Crippen molar-refractivity contribution in [2.24, 2.45) is 17.8 Å². The number of para-hydroxylation sites is 2. The molecule has 5 nitrogen and oxygen atoms in total. The van der Waals surface area contributed by atoms with Gasteiger partial charge in [-0.3, -0.25) is 14.4 Å². The van der Waals surface area contributed by atoms with Crippen LogP contribution in [0.5, 0.6) is 5.75 Å². The molecule has 2 aliphatic rings. The van der Waals surface area contributed by atoms with E-state index < -0.39 is 5.97 Å². The van der Waals surface area contributed by atoms with Gasteiger partial charge in [-0.15, -0.1) is 0 Å². The molecule has 3 unspecified atom stereocenters. The molecule has 0 spiro atoms. The first-order valence-corrected chi connectivity index (χ1v) is 10.2. The third-order valence-electron chi connectivity index (χ3n) is 5.78. The number of nitrogens with zero attached hydrogens (tertiary/aromatic N) is 1. The van der Waals surface area contributed by atoms with Gasteiger partial charge in [0, 0.05) is 5.02 Å². The summed E-state index contributed by atoms with van der Waals surface area (Å²) in [5, 5.41) is 0.592. The zero-order valence-corrected chi connectivity index (χ0v) is 16.9. The first-order chi connectivity index (χ1) is 13.9. The molecule has 0 N–H and O–H groups in total. The zero-order valence-electron chi connectivity index (χ0n) is 16.1. The van der Waals surface area contributed by atoms with Gasteiger partial charge in [-0.25, -0.2) is 4.90 Å². The second kappa shape index (κ2) is 7.99. The fraction of sp³-hybridized carbons (Fsp3) is 0.348. The molecule has 2 amide bonds. The lowest BCUT2D eigenvalue weighted by Crippen LogP contribution is -2.31. The van der Waals surface area contributed by atoms with E-state index in [0.29, 0.717) is 16.6 Å². The molecule has 0 radical (unpaired) electrons. The van der Waals surface area contributed by atoms with Gasteiger partial charge >= 0.3 is 5.97 Å². The predicted octanol–water partition coefficient (Wildman–Crippen LogP) is 4.41. The molecule has 1 aliphatic carbocycles. The number of esters is 1. The molecule has 2 aromatic rings. The van der Waals surface area contributed by atoms with Gasteiger partial charge < -0.3 is 4.74 Å². The smallest absolute Gasteiger partial charge is 0.315 e. The number of halogens is 1. The average molecular weight is 412 g/mol. The van der Waals surface area contributed by atoms with Crippen molar-refractivity contribution < 1.29 is 19.1 Å². The van der Waals surface area contributed by atoms with E-state index in [1.807, 2.05) is 0 Å². The Morgan fingerprint density at radius 3 is 2.48 bits per heavy atom. The Bertz CT molecular complexity index is 956. The highest BCUT2D eigenvalue weighted by Crippen LogP contribution is 2.44. The van der Waals surface area contributed by atoms with Crippen LogP contribution >= 0.6 is 11.6 Å². The number of hydrogen-bond acceptors (Lipinski definition) is 4. The maximum absolute atomic E-state index is 13.0. The number of imide groups is 1. The van der Waals surface area contributed by atoms with Crippen LogP contribution in [-0.4, -0.2) is 17.8 Å². The monoisotopic (exact) mass is 411 g/mol. The van der Waals surface area contributed by atoms with Crippen LogP contribution < -0.4 is 9.64 Å². The van der Waals surface area contributed by atoms with Gasteiger partial charge in [-0.05, 0) is 55.0 Å². The van der Waals surface area contributed by atoms with Gasteiger partial charge in [0.05, 0.1) is 23.9 Å². The number of fused-ring (bicyclic) bond motifs is 1. The second-order valence-corrected chi connectivity index (χ2v) is 8.32. The Morgan fingerprint density at radius 2 is 1.72 bits per heavy atom. The van der Waals surface area contributed by atoms with Crippen molar-refractivity contribution in [1.29, 1.82) is 0 Å². The van der Waals surface area contributed by atoms with Crippen LogP contribution in [0.1, 0.15) is 31.7 Å². The van der Waals surface area contributed by atoms with E-state index in [9.17, 15) is 14.4 Å². The molecule has 1 saturated heterocycles. The maximum atomic E-state index is 13.0. The molecule has 1 saturated carbocycles. The summed E-state index contributed by atoms with van der Waals surface area (Å²) in [5.74, 6) is -0.730. The number of amides is 2. The van der Waals surface area contributed by atoms with Crippen molar-refractivity contribution in [3.05, 3.63) is 59.1 Å². The fourth-order valence-corrected chi connectivity index (χ4v) is 4.41. The molecule has 6 heteroatoms. The predicted molar refractivity (Wildman–Crippen MR) is 110 cm³/mol. The second-order valence-electron chi connectivity index (χ2n) is 7.89. The first-order valence-electron chi connectivity index (χ1n) is 9.86. The molecular weight excluding hydrogens is 390 g/mol. The lowest BCUT2D eigenvalue weighted by Gasteiger charge is -2.25. The number of hydrogen-bond donors (Lipinski definition) is 0. The van der Waals surface area contributed by atoms with Crippen molar-refractivity contribution in [3.63, 3.8) is 0 Å². The fourth-order valence-electron chi connectivity index (χ4n) is 4.28. The molecule has 3 atom stereocenters. The highest BCUT2D eigenvalue weighted by Gasteiger charge is 2.50. The highest BCUT2D eigenvalue weighted by molar-refractivity contribution is 6.30. The van der Waals surface area contributed by atoms with Crippen LogP contribution in [0.15, 0.2) is 48.5 Å². The molecule has 4 rings (SSSR count). The number of carbonyl (C=O) groups is 3. The van der Waals surface area contributed by atoms with Gasteiger partial charge in [-0.2, -0.15) is 0 Å². The molecule has 29 heavy (non-hydrogen) atoms. The van der Waals surface area contributed by atoms with Crippen LogP contribution in [0.25, 0.3) is 0 Å². The van der Waals surface area contributed by atoms with Crippen molar-refractivity contribution >= 4 is 35.1 Å². The SMILES string of the molecule is CC1CCC2C(=O)N(c3ccccc3OC(=O)Cc3ccc(Cl)cc3)C(=O)C2C1. The Labute approximate surface area is 174 Å². The Morgan fingerprint density at radius 1 is 1.03 bits per heavy atom. The van der Waals surface area contributed by atoms with Gasteiger partial charge in [0.15, 0.2) is 5.75 Å². The van der Waals surface area contributed by atoms with Gasteiger partial charge in [-0.1, -0.05) is 42.8 Å². The minimum Gasteiger partial charge on any atom is -0.424 e. The molecule has 0 bridgehead atoms. The Hall–Kier alpha value is -2.66. The number of benzene rings is 2. The largest absolute Gasteiger partial charge is 0.424 e. The van der Waals surface area contributed by atoms with Crippen molar-refractivity contribution in [3.8, 4) is 5.75 Å². The number of rotatable bonds is 4. The first kappa shape index (κ1) is 19.6. The highest BCUT2D eigenvalue weighted by atomic mass is 35.5. The van der Waals surface area contributed by atoms with Crippen LogP contribution in [0.4, 0.5) is 5.69 Å². The van der Waals surface area contributed by atoms with Crippen molar-refractivity contribution in [2.45, 2.75) is 32.6 Å². The Kier molecular flexibility index (Phi) is 5.41. The summed E-state index contributed by atoms with van der Waals surface area (Å²) in [5.41, 5.74) is 1.11. The molecule has 1 heterocycles. The van der Waals surface area contributed by atoms with E-state index in [-0.39, 0.29) is 35.8 Å². The topological polar surface area (TPSA) is 63.7 Å². The van der Waals surface area contributed by atoms with E-state index >= 15 is 0 Å². The molecular formula is C23H22ClNO4. The lowest BCUT2D eigenvalue weighted by molar-refractivity contribution is -0.133. The number of anilines is 1. The summed E-state index contributed by atoms with van der Waals surface area (Å²) in [6.07, 6.45) is 2.47. The summed E-state index contributed by atoms with van der Waals surface area (Å²) in [4.78, 5) is 39.6. The quantitative estimate of drug-likeness (QED) is 0.424. The summed E-state index contributed by atoms with van der Waals surface area (Å²) < 4.78 is 5.55. The number of ether oxygens (including phenoxy) is 1. The zero-order chi connectivity index (χ0) is 20.5. The Balaban J connectivity index is 1.55. The van der Waals surface area contributed by atoms with Crippen molar-refractivity contribution in [1.82, 2.24) is 0 Å². The summed E-state index contributed by atoms with van der Waals surface area (Å²) in [7, 11) is 0. The van der Waals surface area contributed by atoms with Crippen molar-refractivity contribution in [2.75, 3.05) is 4.90 Å². The molecule has 2 fully saturated rings. The minimum absolute atomic E-state index is 0.0656. The summed E-state index contributed by atoms with van der Waals surface area (Å²) in [6.45, 7) is 2.11. The van der Waals surface area contributed by atoms with Gasteiger partial charge in [0.1, 0.15) is 0 Å². The molecule has 1 aliphatic heterocycles. The van der Waals surface area contributed by atoms with Gasteiger partial charge in [0.2, 0.25) is 11.8 Å². The van der Waals surface area contributed by atoms with Crippen LogP contribution in [0, 0.1) is 17.8 Å². The summed E-state index contributed by atoms with van der Waals surface area (Å²) in [6, 6.07) is 13.7. The van der Waals surface area contributed by atoms with Crippen LogP contribution in [0.2, 0.25) is 5.02 Å². The maximum Gasteiger partial charge on any atom is 0.315 e. The van der Waals surface area contributed by atoms with E-state index in [2.05, 4.69) is 6.92 Å². The van der Waals surface area contributed by atoms with Gasteiger partial charge in [0.25, 0.3) is 0 Å². The third kappa shape index (κ3) is 3.92.